The lowest BCUT2D eigenvalue weighted by Gasteiger charge is -2.41. The largest absolute Gasteiger partial charge is 0.329 e. The normalized spacial score (nSPS) is 35.4. The summed E-state index contributed by atoms with van der Waals surface area (Å²) in [5.74, 6) is 0.882. The van der Waals surface area contributed by atoms with Gasteiger partial charge in [0.25, 0.3) is 0 Å². The van der Waals surface area contributed by atoms with Gasteiger partial charge in [-0.15, -0.1) is 0 Å². The third kappa shape index (κ3) is 2.93. The molecular weight excluding hydrogens is 216 g/mol. The smallest absolute Gasteiger partial charge is 0.0247 e. The van der Waals surface area contributed by atoms with Crippen molar-refractivity contribution in [3.8, 4) is 0 Å². The van der Waals surface area contributed by atoms with Gasteiger partial charge in [-0.05, 0) is 18.8 Å². The van der Waals surface area contributed by atoms with Crippen molar-refractivity contribution in [2.45, 2.75) is 56.1 Å². The van der Waals surface area contributed by atoms with Gasteiger partial charge >= 0.3 is 0 Å². The number of thioether (sulfide) groups is 1. The minimum absolute atomic E-state index is 0.660. The Kier molecular flexibility index (Phi) is 4.57. The first-order valence-electron chi connectivity index (χ1n) is 6.80. The minimum atomic E-state index is 0.660. The molecule has 2 rings (SSSR count). The van der Waals surface area contributed by atoms with Gasteiger partial charge in [0.2, 0.25) is 0 Å². The summed E-state index contributed by atoms with van der Waals surface area (Å²) in [5.41, 5.74) is 6.03. The topological polar surface area (TPSA) is 29.3 Å². The molecule has 2 fully saturated rings. The molecule has 0 aromatic heterocycles. The highest BCUT2D eigenvalue weighted by atomic mass is 32.2. The molecule has 1 saturated heterocycles. The summed E-state index contributed by atoms with van der Waals surface area (Å²) < 4.78 is 0. The lowest BCUT2D eigenvalue weighted by atomic mass is 9.96. The zero-order chi connectivity index (χ0) is 11.5. The van der Waals surface area contributed by atoms with E-state index < -0.39 is 0 Å². The van der Waals surface area contributed by atoms with Crippen molar-refractivity contribution >= 4 is 11.8 Å². The fourth-order valence-electron chi connectivity index (χ4n) is 3.47. The van der Waals surface area contributed by atoms with Crippen LogP contribution >= 0.6 is 11.8 Å². The van der Waals surface area contributed by atoms with Crippen LogP contribution in [0.2, 0.25) is 0 Å². The van der Waals surface area contributed by atoms with E-state index in [1.54, 1.807) is 0 Å². The molecule has 1 aliphatic carbocycles. The molecule has 3 heteroatoms. The zero-order valence-electron chi connectivity index (χ0n) is 10.7. The van der Waals surface area contributed by atoms with Gasteiger partial charge in [0.05, 0.1) is 0 Å². The van der Waals surface area contributed by atoms with Crippen LogP contribution in [0.4, 0.5) is 0 Å². The van der Waals surface area contributed by atoms with Crippen molar-refractivity contribution in [1.82, 2.24) is 4.90 Å². The van der Waals surface area contributed by atoms with Crippen molar-refractivity contribution in [3.63, 3.8) is 0 Å². The molecule has 1 aliphatic heterocycles. The predicted molar refractivity (Wildman–Crippen MR) is 72.9 cm³/mol. The van der Waals surface area contributed by atoms with Crippen LogP contribution in [-0.2, 0) is 0 Å². The van der Waals surface area contributed by atoms with Gasteiger partial charge in [-0.3, -0.25) is 4.90 Å². The lowest BCUT2D eigenvalue weighted by molar-refractivity contribution is 0.145. The average Bonchev–Trinajstić information content (AvgIpc) is 2.70. The Labute approximate surface area is 104 Å². The zero-order valence-corrected chi connectivity index (χ0v) is 11.5. The molecule has 94 valence electrons. The van der Waals surface area contributed by atoms with Gasteiger partial charge in [-0.1, -0.05) is 26.7 Å². The summed E-state index contributed by atoms with van der Waals surface area (Å²) in [4.78, 5) is 2.68. The van der Waals surface area contributed by atoms with E-state index in [0.29, 0.717) is 6.04 Å². The Morgan fingerprint density at radius 3 is 2.25 bits per heavy atom. The number of nitrogens with zero attached hydrogens (tertiary/aromatic N) is 1. The quantitative estimate of drug-likeness (QED) is 0.823. The monoisotopic (exact) mass is 242 g/mol. The highest BCUT2D eigenvalue weighted by Gasteiger charge is 2.32. The van der Waals surface area contributed by atoms with Crippen molar-refractivity contribution in [3.05, 3.63) is 0 Å². The molecule has 0 radical (unpaired) electrons. The van der Waals surface area contributed by atoms with E-state index in [4.69, 9.17) is 5.73 Å². The average molecular weight is 242 g/mol. The van der Waals surface area contributed by atoms with Crippen LogP contribution in [0.5, 0.6) is 0 Å². The lowest BCUT2D eigenvalue weighted by Crippen LogP contribution is -2.51. The standard InChI is InChI=1S/C13H26N2S/c1-10-8-15(9-11(2)16-10)13(7-14)12-5-3-4-6-12/h10-13H,3-9,14H2,1-2H3. The van der Waals surface area contributed by atoms with E-state index in [2.05, 4.69) is 30.5 Å². The predicted octanol–water partition coefficient (Wildman–Crippen LogP) is 2.33. The summed E-state index contributed by atoms with van der Waals surface area (Å²) in [6.45, 7) is 8.06. The SMILES string of the molecule is CC1CN(C(CN)C2CCCC2)CC(C)S1. The first-order valence-corrected chi connectivity index (χ1v) is 7.74. The highest BCUT2D eigenvalue weighted by molar-refractivity contribution is 8.00. The number of rotatable bonds is 3. The molecule has 1 heterocycles. The molecule has 2 nitrogen and oxygen atoms in total. The van der Waals surface area contributed by atoms with Crippen LogP contribution in [-0.4, -0.2) is 41.1 Å². The van der Waals surface area contributed by atoms with Crippen LogP contribution in [0.25, 0.3) is 0 Å². The van der Waals surface area contributed by atoms with Crippen LogP contribution in [0.15, 0.2) is 0 Å². The molecule has 0 aromatic carbocycles. The second kappa shape index (κ2) is 5.74. The fourth-order valence-corrected chi connectivity index (χ4v) is 4.82. The minimum Gasteiger partial charge on any atom is -0.329 e. The molecule has 2 N–H and O–H groups in total. The van der Waals surface area contributed by atoms with Crippen LogP contribution in [0.1, 0.15) is 39.5 Å². The van der Waals surface area contributed by atoms with Gasteiger partial charge in [0, 0.05) is 36.2 Å². The van der Waals surface area contributed by atoms with Gasteiger partial charge < -0.3 is 5.73 Å². The molecule has 0 aromatic rings. The van der Waals surface area contributed by atoms with E-state index in [1.165, 1.54) is 38.8 Å². The van der Waals surface area contributed by atoms with Gasteiger partial charge in [-0.2, -0.15) is 11.8 Å². The van der Waals surface area contributed by atoms with E-state index in [9.17, 15) is 0 Å². The van der Waals surface area contributed by atoms with Crippen LogP contribution in [0.3, 0.4) is 0 Å². The van der Waals surface area contributed by atoms with E-state index in [1.807, 2.05) is 0 Å². The summed E-state index contributed by atoms with van der Waals surface area (Å²) in [6, 6.07) is 0.660. The fraction of sp³-hybridized carbons (Fsp3) is 1.00. The molecule has 3 unspecified atom stereocenters. The Hall–Kier alpha value is 0.270. The summed E-state index contributed by atoms with van der Waals surface area (Å²) >= 11 is 2.13. The Morgan fingerprint density at radius 2 is 1.75 bits per heavy atom. The van der Waals surface area contributed by atoms with Crippen molar-refractivity contribution < 1.29 is 0 Å². The number of hydrogen-bond acceptors (Lipinski definition) is 3. The molecule has 3 atom stereocenters. The van der Waals surface area contributed by atoms with Crippen molar-refractivity contribution in [2.24, 2.45) is 11.7 Å². The van der Waals surface area contributed by atoms with E-state index in [0.717, 1.165) is 23.0 Å². The maximum Gasteiger partial charge on any atom is 0.0247 e. The van der Waals surface area contributed by atoms with Gasteiger partial charge in [-0.25, -0.2) is 0 Å². The molecule has 16 heavy (non-hydrogen) atoms. The molecule has 0 amide bonds. The van der Waals surface area contributed by atoms with Gasteiger partial charge in [0.1, 0.15) is 0 Å². The molecular formula is C13H26N2S. The van der Waals surface area contributed by atoms with Crippen molar-refractivity contribution in [2.75, 3.05) is 19.6 Å². The second-order valence-corrected chi connectivity index (χ2v) is 7.44. The first-order chi connectivity index (χ1) is 7.70. The Bertz CT molecular complexity index is 206. The first kappa shape index (κ1) is 12.7. The third-order valence-corrected chi connectivity index (χ3v) is 5.33. The molecule has 1 saturated carbocycles. The van der Waals surface area contributed by atoms with E-state index >= 15 is 0 Å². The third-order valence-electron chi connectivity index (χ3n) is 4.10. The van der Waals surface area contributed by atoms with E-state index in [-0.39, 0.29) is 0 Å². The van der Waals surface area contributed by atoms with Crippen LogP contribution in [0, 0.1) is 5.92 Å². The number of hydrogen-bond donors (Lipinski definition) is 1. The summed E-state index contributed by atoms with van der Waals surface area (Å²) in [5, 5.41) is 1.55. The Morgan fingerprint density at radius 1 is 1.19 bits per heavy atom. The molecule has 0 spiro atoms. The maximum absolute atomic E-state index is 6.03. The molecule has 0 bridgehead atoms. The van der Waals surface area contributed by atoms with Gasteiger partial charge in [0.15, 0.2) is 0 Å². The second-order valence-electron chi connectivity index (χ2n) is 5.56. The summed E-state index contributed by atoms with van der Waals surface area (Å²) in [7, 11) is 0. The highest BCUT2D eigenvalue weighted by Crippen LogP contribution is 2.33. The summed E-state index contributed by atoms with van der Waals surface area (Å²) in [6.07, 6.45) is 5.67. The maximum atomic E-state index is 6.03. The molecule has 2 aliphatic rings. The number of nitrogens with two attached hydrogens (primary N) is 1. The Balaban J connectivity index is 1.96. The van der Waals surface area contributed by atoms with Crippen molar-refractivity contribution in [1.29, 1.82) is 0 Å². The van der Waals surface area contributed by atoms with Crippen LogP contribution < -0.4 is 5.73 Å².